The molecule has 0 bridgehead atoms. The van der Waals surface area contributed by atoms with Crippen molar-refractivity contribution in [1.29, 1.82) is 0 Å². The van der Waals surface area contributed by atoms with E-state index in [2.05, 4.69) is 35.9 Å². The van der Waals surface area contributed by atoms with Gasteiger partial charge >= 0.3 is 0 Å². The average molecular weight is 337 g/mol. The van der Waals surface area contributed by atoms with Gasteiger partial charge in [0.2, 0.25) is 0 Å². The van der Waals surface area contributed by atoms with Crippen LogP contribution in [-0.2, 0) is 6.54 Å². The molecule has 1 aromatic carbocycles. The number of nitrogens with zero attached hydrogens (tertiary/aromatic N) is 2. The third kappa shape index (κ3) is 2.23. The fourth-order valence-corrected chi connectivity index (χ4v) is 4.01. The number of ether oxygens (including phenoxy) is 1. The lowest BCUT2D eigenvalue weighted by Gasteiger charge is -2.43. The van der Waals surface area contributed by atoms with E-state index in [4.69, 9.17) is 4.74 Å². The summed E-state index contributed by atoms with van der Waals surface area (Å²) in [5.74, 6) is 0.799. The number of rotatable bonds is 3. The average Bonchev–Trinajstić information content (AvgIpc) is 2.60. The van der Waals surface area contributed by atoms with E-state index in [-0.39, 0.29) is 11.6 Å². The maximum absolute atomic E-state index is 12.4. The van der Waals surface area contributed by atoms with Crippen molar-refractivity contribution in [1.82, 2.24) is 9.88 Å². The zero-order chi connectivity index (χ0) is 17.7. The highest BCUT2D eigenvalue weighted by Crippen LogP contribution is 2.48. The molecule has 5 nitrogen and oxygen atoms in total. The molecule has 3 heterocycles. The largest absolute Gasteiger partial charge is 0.487 e. The number of benzene rings is 1. The lowest BCUT2D eigenvalue weighted by atomic mass is 9.93. The number of anilines is 1. The molecular formula is C20H23N3O2. The van der Waals surface area contributed by atoms with Crippen molar-refractivity contribution in [2.24, 2.45) is 0 Å². The summed E-state index contributed by atoms with van der Waals surface area (Å²) >= 11 is 0. The molecule has 0 saturated carbocycles. The molecule has 1 atom stereocenters. The first-order valence-corrected chi connectivity index (χ1v) is 8.71. The first-order chi connectivity index (χ1) is 12.1. The minimum absolute atomic E-state index is 0.000554. The van der Waals surface area contributed by atoms with Gasteiger partial charge < -0.3 is 19.5 Å². The van der Waals surface area contributed by atoms with Gasteiger partial charge in [-0.15, -0.1) is 0 Å². The van der Waals surface area contributed by atoms with Gasteiger partial charge in [-0.1, -0.05) is 6.58 Å². The Morgan fingerprint density at radius 3 is 2.92 bits per heavy atom. The number of nitrogens with one attached hydrogen (secondary N) is 1. The van der Waals surface area contributed by atoms with Crippen LogP contribution in [0.15, 0.2) is 41.3 Å². The number of aryl methyl sites for hydroxylation is 1. The Morgan fingerprint density at radius 2 is 2.20 bits per heavy atom. The van der Waals surface area contributed by atoms with Crippen LogP contribution in [0, 0.1) is 0 Å². The van der Waals surface area contributed by atoms with Crippen LogP contribution in [0.2, 0.25) is 0 Å². The minimum Gasteiger partial charge on any atom is -0.487 e. The Labute approximate surface area is 147 Å². The van der Waals surface area contributed by atoms with E-state index < -0.39 is 0 Å². The van der Waals surface area contributed by atoms with Gasteiger partial charge in [-0.3, -0.25) is 4.79 Å². The first kappa shape index (κ1) is 16.0. The van der Waals surface area contributed by atoms with Crippen molar-refractivity contribution in [3.05, 3.63) is 52.5 Å². The third-order valence-electron chi connectivity index (χ3n) is 5.10. The second kappa shape index (κ2) is 5.77. The number of allylic oxidation sites excluding steroid dienone is 2. The van der Waals surface area contributed by atoms with Crippen LogP contribution >= 0.6 is 0 Å². The summed E-state index contributed by atoms with van der Waals surface area (Å²) in [7, 11) is 1.94. The molecule has 1 N–H and O–H groups in total. The molecule has 1 aromatic heterocycles. The van der Waals surface area contributed by atoms with Crippen LogP contribution in [0.4, 0.5) is 5.69 Å². The first-order valence-electron chi connectivity index (χ1n) is 8.71. The molecule has 2 aliphatic rings. The van der Waals surface area contributed by atoms with E-state index in [1.807, 2.05) is 20.0 Å². The molecule has 130 valence electrons. The second-order valence-corrected chi connectivity index (χ2v) is 6.67. The standard InChI is InChI=1S/C20H23N3O2/c1-5-22-17(24)7-6-14-9-16-12(2)8-13(3)23-15(10-21-4)11-25-20(18(14)22)19(16)23/h6-9,15,21H,3,5,10-11H2,1-2,4H3. The van der Waals surface area contributed by atoms with E-state index in [0.29, 0.717) is 13.2 Å². The monoisotopic (exact) mass is 337 g/mol. The summed E-state index contributed by atoms with van der Waals surface area (Å²) in [6, 6.07) is 5.87. The Bertz CT molecular complexity index is 971. The lowest BCUT2D eigenvalue weighted by Crippen LogP contribution is -2.48. The Hall–Kier alpha value is -2.53. The number of hydrogen-bond donors (Lipinski definition) is 1. The normalized spacial score (nSPS) is 18.8. The summed E-state index contributed by atoms with van der Waals surface area (Å²) in [6.07, 6.45) is 2.13. The molecule has 0 saturated heterocycles. The highest BCUT2D eigenvalue weighted by molar-refractivity contribution is 6.00. The van der Waals surface area contributed by atoms with Gasteiger partial charge in [0.05, 0.1) is 17.2 Å². The maximum atomic E-state index is 12.4. The predicted molar refractivity (Wildman–Crippen MR) is 102 cm³/mol. The summed E-state index contributed by atoms with van der Waals surface area (Å²) in [6.45, 7) is 10.3. The molecule has 0 spiro atoms. The van der Waals surface area contributed by atoms with Crippen molar-refractivity contribution < 1.29 is 4.74 Å². The van der Waals surface area contributed by atoms with Crippen LogP contribution in [0.25, 0.3) is 16.5 Å². The van der Waals surface area contributed by atoms with Gasteiger partial charge in [0.1, 0.15) is 6.61 Å². The molecular weight excluding hydrogens is 314 g/mol. The Kier molecular flexibility index (Phi) is 3.69. The van der Waals surface area contributed by atoms with Crippen LogP contribution in [0.1, 0.15) is 19.4 Å². The van der Waals surface area contributed by atoms with Crippen LogP contribution in [0.3, 0.4) is 0 Å². The van der Waals surface area contributed by atoms with Gasteiger partial charge in [-0.2, -0.15) is 0 Å². The molecule has 2 aromatic rings. The number of aromatic nitrogens is 1. The van der Waals surface area contributed by atoms with Gasteiger partial charge in [0.25, 0.3) is 5.56 Å². The van der Waals surface area contributed by atoms with E-state index in [1.54, 1.807) is 10.6 Å². The number of likely N-dealkylation sites (N-methyl/N-ethyl adjacent to an activating group) is 1. The van der Waals surface area contributed by atoms with Crippen molar-refractivity contribution in [3.8, 4) is 5.75 Å². The Balaban J connectivity index is 2.10. The van der Waals surface area contributed by atoms with Gasteiger partial charge in [0, 0.05) is 35.8 Å². The quantitative estimate of drug-likeness (QED) is 0.935. The summed E-state index contributed by atoms with van der Waals surface area (Å²) in [5, 5.41) is 4.27. The molecule has 1 unspecified atom stereocenters. The highest BCUT2D eigenvalue weighted by atomic mass is 16.5. The van der Waals surface area contributed by atoms with Crippen LogP contribution in [-0.4, -0.2) is 30.8 Å². The molecule has 4 rings (SSSR count). The van der Waals surface area contributed by atoms with E-state index in [9.17, 15) is 4.79 Å². The fraction of sp³-hybridized carbons (Fsp3) is 0.350. The van der Waals surface area contributed by atoms with Crippen molar-refractivity contribution in [2.75, 3.05) is 25.1 Å². The fourth-order valence-electron chi connectivity index (χ4n) is 4.01. The SMILES string of the molecule is C=C1C=C(C)c2cc3ccc(=O)n(CC)c3c3c2N1C(CNC)CO3. The maximum Gasteiger partial charge on any atom is 0.251 e. The van der Waals surface area contributed by atoms with E-state index in [1.165, 1.54) is 5.57 Å². The summed E-state index contributed by atoms with van der Waals surface area (Å²) in [4.78, 5) is 14.6. The van der Waals surface area contributed by atoms with Crippen molar-refractivity contribution in [3.63, 3.8) is 0 Å². The van der Waals surface area contributed by atoms with Gasteiger partial charge in [0.15, 0.2) is 5.75 Å². The molecule has 25 heavy (non-hydrogen) atoms. The van der Waals surface area contributed by atoms with E-state index in [0.717, 1.165) is 40.1 Å². The molecule has 0 radical (unpaired) electrons. The predicted octanol–water partition coefficient (Wildman–Crippen LogP) is 2.74. The second-order valence-electron chi connectivity index (χ2n) is 6.67. The molecule has 0 fully saturated rings. The Morgan fingerprint density at radius 1 is 1.40 bits per heavy atom. The van der Waals surface area contributed by atoms with Crippen molar-refractivity contribution >= 4 is 22.2 Å². The zero-order valence-corrected chi connectivity index (χ0v) is 14.9. The molecule has 5 heteroatoms. The topological polar surface area (TPSA) is 46.5 Å². The number of pyridine rings is 1. The smallest absolute Gasteiger partial charge is 0.251 e. The lowest BCUT2D eigenvalue weighted by molar-refractivity contribution is 0.267. The zero-order valence-electron chi connectivity index (χ0n) is 14.9. The van der Waals surface area contributed by atoms with Crippen molar-refractivity contribution in [2.45, 2.75) is 26.4 Å². The summed E-state index contributed by atoms with van der Waals surface area (Å²) < 4.78 is 8.02. The molecule has 0 aliphatic carbocycles. The molecule has 2 aliphatic heterocycles. The summed E-state index contributed by atoms with van der Waals surface area (Å²) in [5.41, 5.74) is 5.20. The van der Waals surface area contributed by atoms with Crippen LogP contribution < -0.4 is 20.5 Å². The number of fused-ring (bicyclic) bond motifs is 2. The number of hydrogen-bond acceptors (Lipinski definition) is 4. The highest BCUT2D eigenvalue weighted by Gasteiger charge is 2.35. The van der Waals surface area contributed by atoms with Gasteiger partial charge in [-0.05, 0) is 44.7 Å². The third-order valence-corrected chi connectivity index (χ3v) is 5.10. The minimum atomic E-state index is 0.000554. The van der Waals surface area contributed by atoms with Gasteiger partial charge in [-0.25, -0.2) is 0 Å². The van der Waals surface area contributed by atoms with E-state index >= 15 is 0 Å². The molecule has 0 amide bonds. The van der Waals surface area contributed by atoms with Crippen LogP contribution in [0.5, 0.6) is 5.75 Å².